The van der Waals surface area contributed by atoms with E-state index in [1.165, 1.54) is 5.56 Å². The second-order valence-corrected chi connectivity index (χ2v) is 8.89. The highest BCUT2D eigenvalue weighted by atomic mass is 32.1. The number of hydrogen-bond acceptors (Lipinski definition) is 7. The molecule has 0 bridgehead atoms. The summed E-state index contributed by atoms with van der Waals surface area (Å²) in [5.74, 6) is 1.53. The molecule has 0 aliphatic carbocycles. The van der Waals surface area contributed by atoms with Gasteiger partial charge >= 0.3 is 0 Å². The molecule has 1 saturated heterocycles. The van der Waals surface area contributed by atoms with Crippen molar-refractivity contribution < 1.29 is 4.79 Å². The molecule has 0 atom stereocenters. The molecule has 5 rings (SSSR count). The van der Waals surface area contributed by atoms with Gasteiger partial charge in [-0.15, -0.1) is 11.3 Å². The molecule has 2 aromatic carbocycles. The van der Waals surface area contributed by atoms with Gasteiger partial charge in [-0.2, -0.15) is 4.98 Å². The Bertz CT molecular complexity index is 1260. The number of aromatic nitrogens is 3. The Labute approximate surface area is 190 Å². The van der Waals surface area contributed by atoms with E-state index in [9.17, 15) is 4.79 Å². The van der Waals surface area contributed by atoms with E-state index < -0.39 is 0 Å². The quantitative estimate of drug-likeness (QED) is 0.503. The zero-order valence-corrected chi connectivity index (χ0v) is 18.9. The average Bonchev–Trinajstić information content (AvgIpc) is 3.28. The van der Waals surface area contributed by atoms with E-state index in [0.717, 1.165) is 27.4 Å². The molecule has 32 heavy (non-hydrogen) atoms. The molecular formula is C24H24N6OS. The summed E-state index contributed by atoms with van der Waals surface area (Å²) in [6.45, 7) is 6.71. The number of benzene rings is 2. The molecule has 1 fully saturated rings. The monoisotopic (exact) mass is 444 g/mol. The van der Waals surface area contributed by atoms with Gasteiger partial charge in [-0.25, -0.2) is 9.97 Å². The second-order valence-electron chi connectivity index (χ2n) is 8.00. The van der Waals surface area contributed by atoms with Gasteiger partial charge in [-0.1, -0.05) is 17.7 Å². The summed E-state index contributed by atoms with van der Waals surface area (Å²) in [5, 5.41) is 3.37. The van der Waals surface area contributed by atoms with Crippen LogP contribution in [0.4, 0.5) is 17.5 Å². The third-order valence-corrected chi connectivity index (χ3v) is 6.39. The number of thiazole rings is 1. The third kappa shape index (κ3) is 4.27. The number of fused-ring (bicyclic) bond motifs is 1. The first kappa shape index (κ1) is 20.4. The fraction of sp³-hybridized carbons (Fsp3) is 0.250. The van der Waals surface area contributed by atoms with Crippen LogP contribution in [0.2, 0.25) is 0 Å². The highest BCUT2D eigenvalue weighted by molar-refractivity contribution is 7.16. The molecule has 1 aliphatic rings. The Hall–Kier alpha value is -3.52. The van der Waals surface area contributed by atoms with Crippen LogP contribution >= 0.6 is 11.3 Å². The average molecular weight is 445 g/mol. The zero-order chi connectivity index (χ0) is 22.1. The van der Waals surface area contributed by atoms with Gasteiger partial charge in [0.1, 0.15) is 5.82 Å². The predicted octanol–water partition coefficient (Wildman–Crippen LogP) is 4.41. The molecule has 8 heteroatoms. The van der Waals surface area contributed by atoms with Crippen LogP contribution in [0.5, 0.6) is 0 Å². The van der Waals surface area contributed by atoms with Gasteiger partial charge in [-0.3, -0.25) is 4.79 Å². The third-order valence-electron chi connectivity index (χ3n) is 5.59. The molecule has 162 valence electrons. The topological polar surface area (TPSA) is 74.2 Å². The SMILES string of the molecule is Cc1ccc(Nc2cc(C)nc(N3CCN(C(=O)c4ccc5ncsc5c4)CC3)n2)cc1. The van der Waals surface area contributed by atoms with Crippen LogP contribution in [0.15, 0.2) is 54.0 Å². The number of anilines is 3. The summed E-state index contributed by atoms with van der Waals surface area (Å²) in [5.41, 5.74) is 6.57. The Balaban J connectivity index is 1.26. The van der Waals surface area contributed by atoms with Crippen LogP contribution in [-0.2, 0) is 0 Å². The summed E-state index contributed by atoms with van der Waals surface area (Å²) >= 11 is 1.55. The van der Waals surface area contributed by atoms with E-state index in [1.54, 1.807) is 11.3 Å². The van der Waals surface area contributed by atoms with E-state index in [1.807, 2.05) is 53.7 Å². The van der Waals surface area contributed by atoms with Crippen molar-refractivity contribution in [3.63, 3.8) is 0 Å². The Morgan fingerprint density at radius 3 is 2.53 bits per heavy atom. The molecule has 0 unspecified atom stereocenters. The summed E-state index contributed by atoms with van der Waals surface area (Å²) in [6, 6.07) is 15.9. The van der Waals surface area contributed by atoms with Crippen molar-refractivity contribution in [2.75, 3.05) is 36.4 Å². The number of amides is 1. The second kappa shape index (κ2) is 8.55. The lowest BCUT2D eigenvalue weighted by molar-refractivity contribution is 0.0746. The van der Waals surface area contributed by atoms with Gasteiger partial charge in [0.05, 0.1) is 15.7 Å². The van der Waals surface area contributed by atoms with E-state index in [-0.39, 0.29) is 5.91 Å². The first-order valence-corrected chi connectivity index (χ1v) is 11.5. The number of nitrogens with one attached hydrogen (secondary N) is 1. The van der Waals surface area contributed by atoms with E-state index >= 15 is 0 Å². The van der Waals surface area contributed by atoms with Gasteiger partial charge in [0, 0.05) is 49.2 Å². The lowest BCUT2D eigenvalue weighted by atomic mass is 10.1. The Kier molecular flexibility index (Phi) is 5.45. The predicted molar refractivity (Wildman–Crippen MR) is 129 cm³/mol. The first-order valence-electron chi connectivity index (χ1n) is 10.6. The minimum Gasteiger partial charge on any atom is -0.340 e. The standard InChI is InChI=1S/C24H24N6OS/c1-16-3-6-19(7-4-16)27-22-13-17(2)26-24(28-22)30-11-9-29(10-12-30)23(31)18-5-8-20-21(14-18)32-15-25-20/h3-8,13-15H,9-12H2,1-2H3,(H,26,27,28). The number of carbonyl (C=O) groups is 1. The number of hydrogen-bond donors (Lipinski definition) is 1. The smallest absolute Gasteiger partial charge is 0.254 e. The lowest BCUT2D eigenvalue weighted by Crippen LogP contribution is -2.49. The molecule has 0 radical (unpaired) electrons. The number of nitrogens with zero attached hydrogens (tertiary/aromatic N) is 5. The van der Waals surface area contributed by atoms with Crippen molar-refractivity contribution in [1.29, 1.82) is 0 Å². The highest BCUT2D eigenvalue weighted by Gasteiger charge is 2.24. The van der Waals surface area contributed by atoms with Crippen molar-refractivity contribution in [3.8, 4) is 0 Å². The maximum absolute atomic E-state index is 13.0. The van der Waals surface area contributed by atoms with Crippen LogP contribution in [0.25, 0.3) is 10.2 Å². The highest BCUT2D eigenvalue weighted by Crippen LogP contribution is 2.22. The molecule has 7 nitrogen and oxygen atoms in total. The van der Waals surface area contributed by atoms with Gasteiger partial charge < -0.3 is 15.1 Å². The number of piperazine rings is 1. The minimum absolute atomic E-state index is 0.0619. The number of aryl methyl sites for hydroxylation is 2. The van der Waals surface area contributed by atoms with Crippen molar-refractivity contribution in [1.82, 2.24) is 19.9 Å². The van der Waals surface area contributed by atoms with Crippen LogP contribution in [-0.4, -0.2) is 51.9 Å². The van der Waals surface area contributed by atoms with Gasteiger partial charge in [0.2, 0.25) is 5.95 Å². The zero-order valence-electron chi connectivity index (χ0n) is 18.1. The van der Waals surface area contributed by atoms with Crippen molar-refractivity contribution in [2.24, 2.45) is 0 Å². The molecule has 1 aliphatic heterocycles. The van der Waals surface area contributed by atoms with E-state index in [4.69, 9.17) is 4.98 Å². The van der Waals surface area contributed by atoms with Crippen molar-refractivity contribution in [2.45, 2.75) is 13.8 Å². The molecule has 1 amide bonds. The van der Waals surface area contributed by atoms with Crippen LogP contribution in [0.1, 0.15) is 21.6 Å². The summed E-state index contributed by atoms with van der Waals surface area (Å²) in [7, 11) is 0. The van der Waals surface area contributed by atoms with Crippen molar-refractivity contribution >= 4 is 44.9 Å². The lowest BCUT2D eigenvalue weighted by Gasteiger charge is -2.35. The molecule has 1 N–H and O–H groups in total. The van der Waals surface area contributed by atoms with Crippen LogP contribution in [0, 0.1) is 13.8 Å². The van der Waals surface area contributed by atoms with Gasteiger partial charge in [0.25, 0.3) is 5.91 Å². The molecule has 4 aromatic rings. The summed E-state index contributed by atoms with van der Waals surface area (Å²) in [6.07, 6.45) is 0. The summed E-state index contributed by atoms with van der Waals surface area (Å²) < 4.78 is 1.04. The summed E-state index contributed by atoms with van der Waals surface area (Å²) in [4.78, 5) is 30.7. The molecular weight excluding hydrogens is 420 g/mol. The maximum Gasteiger partial charge on any atom is 0.254 e. The number of carbonyl (C=O) groups excluding carboxylic acids is 1. The number of rotatable bonds is 4. The Morgan fingerprint density at radius 1 is 0.969 bits per heavy atom. The first-order chi connectivity index (χ1) is 15.5. The minimum atomic E-state index is 0.0619. The van der Waals surface area contributed by atoms with E-state index in [0.29, 0.717) is 37.7 Å². The van der Waals surface area contributed by atoms with Crippen LogP contribution in [0.3, 0.4) is 0 Å². The van der Waals surface area contributed by atoms with E-state index in [2.05, 4.69) is 39.2 Å². The van der Waals surface area contributed by atoms with Gasteiger partial charge in [0.15, 0.2) is 0 Å². The van der Waals surface area contributed by atoms with Crippen LogP contribution < -0.4 is 10.2 Å². The largest absolute Gasteiger partial charge is 0.340 e. The van der Waals surface area contributed by atoms with Crippen molar-refractivity contribution in [3.05, 3.63) is 70.9 Å². The molecule has 3 heterocycles. The fourth-order valence-electron chi connectivity index (χ4n) is 3.82. The molecule has 2 aromatic heterocycles. The fourth-order valence-corrected chi connectivity index (χ4v) is 4.54. The Morgan fingerprint density at radius 2 is 1.75 bits per heavy atom. The maximum atomic E-state index is 13.0. The van der Waals surface area contributed by atoms with Gasteiger partial charge in [-0.05, 0) is 44.2 Å². The normalized spacial score (nSPS) is 14.1. The molecule has 0 saturated carbocycles. The molecule has 0 spiro atoms.